The smallest absolute Gasteiger partial charge is 0.239 e. The standard InChI is InChI=1S/C34H31N7O3/c42-30(35-17-18-36-33-22-9-1-5-13-26(22)40-27-14-6-2-10-23(27)33)19-37-31(43)20-38-32(44)21-39-34-24-11-3-7-15-28(24)41-29-16-8-4-12-25(29)34/h1-16H,17-21H2,(H,35,42)(H,36,40)(H,37,43)(H,38,44)(H,39,41). The van der Waals surface area contributed by atoms with Crippen molar-refractivity contribution in [1.29, 1.82) is 0 Å². The van der Waals surface area contributed by atoms with Crippen LogP contribution in [-0.4, -0.2) is 60.4 Å². The Morgan fingerprint density at radius 3 is 1.25 bits per heavy atom. The van der Waals surface area contributed by atoms with Crippen molar-refractivity contribution in [3.05, 3.63) is 97.1 Å². The van der Waals surface area contributed by atoms with Gasteiger partial charge >= 0.3 is 0 Å². The molecule has 0 saturated heterocycles. The number of benzene rings is 4. The van der Waals surface area contributed by atoms with E-state index in [9.17, 15) is 14.4 Å². The summed E-state index contributed by atoms with van der Waals surface area (Å²) in [5, 5.41) is 18.4. The average molecular weight is 586 g/mol. The molecule has 0 atom stereocenters. The van der Waals surface area contributed by atoms with Crippen LogP contribution in [0.5, 0.6) is 0 Å². The van der Waals surface area contributed by atoms with E-state index in [1.807, 2.05) is 97.1 Å². The first kappa shape index (κ1) is 28.4. The lowest BCUT2D eigenvalue weighted by Gasteiger charge is -2.14. The first-order valence-electron chi connectivity index (χ1n) is 14.4. The molecule has 2 heterocycles. The second kappa shape index (κ2) is 13.0. The predicted octanol–water partition coefficient (Wildman–Crippen LogP) is 3.96. The lowest BCUT2D eigenvalue weighted by Crippen LogP contribution is -2.43. The molecule has 10 heteroatoms. The van der Waals surface area contributed by atoms with Crippen molar-refractivity contribution in [3.8, 4) is 0 Å². The molecule has 0 aliphatic rings. The summed E-state index contributed by atoms with van der Waals surface area (Å²) >= 11 is 0. The minimum absolute atomic E-state index is 0.0270. The van der Waals surface area contributed by atoms with Crippen molar-refractivity contribution in [2.24, 2.45) is 0 Å². The Hall–Kier alpha value is -5.77. The molecule has 5 N–H and O–H groups in total. The largest absolute Gasteiger partial charge is 0.382 e. The number of hydrogen-bond donors (Lipinski definition) is 5. The summed E-state index contributed by atoms with van der Waals surface area (Å²) in [6.45, 7) is 0.391. The molecule has 0 unspecified atom stereocenters. The molecule has 0 spiro atoms. The number of hydrogen-bond acceptors (Lipinski definition) is 7. The van der Waals surface area contributed by atoms with E-state index < -0.39 is 5.91 Å². The van der Waals surface area contributed by atoms with E-state index >= 15 is 0 Å². The Balaban J connectivity index is 0.942. The summed E-state index contributed by atoms with van der Waals surface area (Å²) in [4.78, 5) is 46.6. The van der Waals surface area contributed by atoms with Gasteiger partial charge in [0.25, 0.3) is 0 Å². The molecule has 0 aliphatic heterocycles. The Bertz CT molecular complexity index is 1900. The highest BCUT2D eigenvalue weighted by Gasteiger charge is 2.12. The number of rotatable bonds is 11. The van der Waals surface area contributed by atoms with Crippen LogP contribution in [0.4, 0.5) is 11.4 Å². The van der Waals surface area contributed by atoms with Crippen LogP contribution in [-0.2, 0) is 14.4 Å². The van der Waals surface area contributed by atoms with Gasteiger partial charge in [-0.15, -0.1) is 0 Å². The molecule has 0 saturated carbocycles. The summed E-state index contributed by atoms with van der Waals surface area (Å²) < 4.78 is 0. The highest BCUT2D eigenvalue weighted by molar-refractivity contribution is 6.09. The van der Waals surface area contributed by atoms with Gasteiger partial charge in [-0.3, -0.25) is 14.4 Å². The van der Waals surface area contributed by atoms with Crippen molar-refractivity contribution in [1.82, 2.24) is 25.9 Å². The van der Waals surface area contributed by atoms with Gasteiger partial charge in [0.05, 0.1) is 53.1 Å². The number of carbonyl (C=O) groups is 3. The highest BCUT2D eigenvalue weighted by atomic mass is 16.2. The number of nitrogens with one attached hydrogen (secondary N) is 5. The molecule has 44 heavy (non-hydrogen) atoms. The van der Waals surface area contributed by atoms with Gasteiger partial charge in [-0.05, 0) is 24.3 Å². The van der Waals surface area contributed by atoms with E-state index in [1.165, 1.54) is 0 Å². The van der Waals surface area contributed by atoms with Crippen LogP contribution in [0.1, 0.15) is 0 Å². The number of anilines is 2. The van der Waals surface area contributed by atoms with Crippen molar-refractivity contribution in [2.45, 2.75) is 0 Å². The fraction of sp³-hybridized carbons (Fsp3) is 0.147. The molecule has 10 nitrogen and oxygen atoms in total. The van der Waals surface area contributed by atoms with Crippen molar-refractivity contribution in [2.75, 3.05) is 43.4 Å². The van der Waals surface area contributed by atoms with Crippen LogP contribution >= 0.6 is 0 Å². The topological polar surface area (TPSA) is 137 Å². The Morgan fingerprint density at radius 2 is 0.795 bits per heavy atom. The fourth-order valence-electron chi connectivity index (χ4n) is 5.16. The summed E-state index contributed by atoms with van der Waals surface area (Å²) in [6.07, 6.45) is 0. The van der Waals surface area contributed by atoms with Crippen LogP contribution < -0.4 is 26.6 Å². The van der Waals surface area contributed by atoms with Crippen LogP contribution in [0, 0.1) is 0 Å². The molecular weight excluding hydrogens is 554 g/mol. The van der Waals surface area contributed by atoms with E-state index in [-0.39, 0.29) is 31.4 Å². The monoisotopic (exact) mass is 585 g/mol. The molecule has 4 aromatic carbocycles. The zero-order valence-corrected chi connectivity index (χ0v) is 23.9. The molecule has 0 aliphatic carbocycles. The predicted molar refractivity (Wildman–Crippen MR) is 175 cm³/mol. The quantitative estimate of drug-likeness (QED) is 0.115. The third kappa shape index (κ3) is 6.34. The van der Waals surface area contributed by atoms with Crippen LogP contribution in [0.2, 0.25) is 0 Å². The number of aromatic nitrogens is 2. The second-order valence-corrected chi connectivity index (χ2v) is 10.2. The van der Waals surface area contributed by atoms with Crippen molar-refractivity contribution < 1.29 is 14.4 Å². The van der Waals surface area contributed by atoms with Gasteiger partial charge in [0, 0.05) is 34.6 Å². The zero-order chi connectivity index (χ0) is 30.3. The van der Waals surface area contributed by atoms with E-state index in [0.717, 1.165) is 55.0 Å². The summed E-state index contributed by atoms with van der Waals surface area (Å²) in [7, 11) is 0. The lowest BCUT2D eigenvalue weighted by atomic mass is 10.1. The number of fused-ring (bicyclic) bond motifs is 4. The number of pyridine rings is 2. The zero-order valence-electron chi connectivity index (χ0n) is 23.9. The maximum absolute atomic E-state index is 12.5. The van der Waals surface area contributed by atoms with Crippen LogP contribution in [0.3, 0.4) is 0 Å². The summed E-state index contributed by atoms with van der Waals surface area (Å²) in [5.41, 5.74) is 5.20. The number of nitrogens with zero attached hydrogens (tertiary/aromatic N) is 2. The lowest BCUT2D eigenvalue weighted by molar-refractivity contribution is -0.127. The summed E-state index contributed by atoms with van der Waals surface area (Å²) in [6, 6.07) is 31.3. The molecule has 6 aromatic rings. The molecule has 2 aromatic heterocycles. The van der Waals surface area contributed by atoms with Gasteiger partial charge in [0.15, 0.2) is 0 Å². The molecule has 3 amide bonds. The molecule has 6 rings (SSSR count). The Labute approximate surface area is 253 Å². The third-order valence-electron chi connectivity index (χ3n) is 7.24. The fourth-order valence-corrected chi connectivity index (χ4v) is 5.16. The van der Waals surface area contributed by atoms with E-state index in [1.54, 1.807) is 0 Å². The molecule has 220 valence electrons. The molecule has 0 bridgehead atoms. The number of para-hydroxylation sites is 4. The van der Waals surface area contributed by atoms with E-state index in [2.05, 4.69) is 31.6 Å². The van der Waals surface area contributed by atoms with E-state index in [4.69, 9.17) is 4.98 Å². The molecule has 0 fully saturated rings. The number of carbonyl (C=O) groups excluding carboxylic acids is 3. The van der Waals surface area contributed by atoms with Gasteiger partial charge in [-0.2, -0.15) is 0 Å². The highest BCUT2D eigenvalue weighted by Crippen LogP contribution is 2.31. The maximum Gasteiger partial charge on any atom is 0.239 e. The van der Waals surface area contributed by atoms with Crippen LogP contribution in [0.15, 0.2) is 97.1 Å². The van der Waals surface area contributed by atoms with Crippen LogP contribution in [0.25, 0.3) is 43.6 Å². The normalized spacial score (nSPS) is 11.0. The molecule has 0 radical (unpaired) electrons. The minimum Gasteiger partial charge on any atom is -0.382 e. The van der Waals surface area contributed by atoms with Gasteiger partial charge in [-0.25, -0.2) is 9.97 Å². The van der Waals surface area contributed by atoms with E-state index in [0.29, 0.717) is 13.1 Å². The SMILES string of the molecule is O=C(CNC(=O)CNC(=O)CNc1c2ccccc2nc2ccccc12)NCCNc1c2ccccc2nc2ccccc12. The maximum atomic E-state index is 12.5. The first-order chi connectivity index (χ1) is 21.6. The van der Waals surface area contributed by atoms with Gasteiger partial charge in [0.1, 0.15) is 0 Å². The minimum atomic E-state index is -0.457. The van der Waals surface area contributed by atoms with Gasteiger partial charge < -0.3 is 26.6 Å². The van der Waals surface area contributed by atoms with Gasteiger partial charge in [0.2, 0.25) is 17.7 Å². The Morgan fingerprint density at radius 1 is 0.432 bits per heavy atom. The first-order valence-corrected chi connectivity index (χ1v) is 14.4. The van der Waals surface area contributed by atoms with Crippen molar-refractivity contribution >= 4 is 72.7 Å². The third-order valence-corrected chi connectivity index (χ3v) is 7.24. The second-order valence-electron chi connectivity index (χ2n) is 10.2. The summed E-state index contributed by atoms with van der Waals surface area (Å²) in [5.74, 6) is -1.13. The average Bonchev–Trinajstić information content (AvgIpc) is 3.06. The Kier molecular flexibility index (Phi) is 8.40. The van der Waals surface area contributed by atoms with Crippen molar-refractivity contribution in [3.63, 3.8) is 0 Å². The molecular formula is C34H31N7O3. The number of amides is 3. The van der Waals surface area contributed by atoms with Gasteiger partial charge in [-0.1, -0.05) is 72.8 Å².